The van der Waals surface area contributed by atoms with Crippen LogP contribution in [-0.4, -0.2) is 13.4 Å². The van der Waals surface area contributed by atoms with Crippen LogP contribution in [0.25, 0.3) is 0 Å². The molecule has 0 aliphatic rings. The number of nitrogens with one attached hydrogen (secondary N) is 1. The molecule has 1 unspecified atom stereocenters. The third-order valence-corrected chi connectivity index (χ3v) is 5.53. The van der Waals surface area contributed by atoms with Crippen LogP contribution in [0.4, 0.5) is 0 Å². The van der Waals surface area contributed by atoms with Gasteiger partial charge < -0.3 is 0 Å². The van der Waals surface area contributed by atoms with E-state index < -0.39 is 10.0 Å². The molecule has 2 heterocycles. The van der Waals surface area contributed by atoms with Crippen LogP contribution >= 0.6 is 11.3 Å². The third-order valence-electron chi connectivity index (χ3n) is 2.50. The maximum Gasteiger partial charge on any atom is 0.250 e. The van der Waals surface area contributed by atoms with Crippen molar-refractivity contribution in [3.8, 4) is 0 Å². The van der Waals surface area contributed by atoms with Gasteiger partial charge in [-0.1, -0.05) is 6.07 Å². The van der Waals surface area contributed by atoms with E-state index in [0.29, 0.717) is 4.21 Å². The predicted octanol–water partition coefficient (Wildman–Crippen LogP) is 2.49. The maximum atomic E-state index is 12.1. The summed E-state index contributed by atoms with van der Waals surface area (Å²) < 4.78 is 27.2. The molecular formula is C12H14N2O2S2. The second-order valence-corrected chi connectivity index (χ2v) is 7.22. The van der Waals surface area contributed by atoms with E-state index in [-0.39, 0.29) is 6.04 Å². The van der Waals surface area contributed by atoms with E-state index in [4.69, 9.17) is 0 Å². The molecule has 4 nitrogen and oxygen atoms in total. The molecule has 2 rings (SSSR count). The van der Waals surface area contributed by atoms with Crippen LogP contribution < -0.4 is 4.72 Å². The van der Waals surface area contributed by atoms with E-state index >= 15 is 0 Å². The lowest BCUT2D eigenvalue weighted by atomic mass is 10.2. The summed E-state index contributed by atoms with van der Waals surface area (Å²) in [4.78, 5) is 4.96. The van der Waals surface area contributed by atoms with Crippen molar-refractivity contribution < 1.29 is 8.42 Å². The lowest BCUT2D eigenvalue weighted by molar-refractivity contribution is 0.568. The Hall–Kier alpha value is -1.24. The first-order valence-corrected chi connectivity index (χ1v) is 7.78. The van der Waals surface area contributed by atoms with Gasteiger partial charge in [0.25, 0.3) is 10.0 Å². The van der Waals surface area contributed by atoms with Crippen LogP contribution in [0, 0.1) is 6.92 Å². The van der Waals surface area contributed by atoms with Gasteiger partial charge in [0.05, 0.1) is 0 Å². The first-order valence-electron chi connectivity index (χ1n) is 5.48. The second-order valence-electron chi connectivity index (χ2n) is 3.99. The fourth-order valence-electron chi connectivity index (χ4n) is 1.55. The molecule has 1 N–H and O–H groups in total. The number of hydrogen-bond donors (Lipinski definition) is 1. The zero-order chi connectivity index (χ0) is 13.2. The number of hydrogen-bond acceptors (Lipinski definition) is 4. The Morgan fingerprint density at radius 2 is 2.11 bits per heavy atom. The van der Waals surface area contributed by atoms with Crippen molar-refractivity contribution >= 4 is 21.4 Å². The van der Waals surface area contributed by atoms with Crippen molar-refractivity contribution in [2.75, 3.05) is 0 Å². The molecule has 6 heteroatoms. The Kier molecular flexibility index (Phi) is 3.79. The number of nitrogens with zero attached hydrogens (tertiary/aromatic N) is 1. The molecule has 2 aromatic heterocycles. The van der Waals surface area contributed by atoms with E-state index in [0.717, 1.165) is 10.4 Å². The van der Waals surface area contributed by atoms with Crippen molar-refractivity contribution in [3.05, 3.63) is 47.1 Å². The van der Waals surface area contributed by atoms with Gasteiger partial charge in [0.2, 0.25) is 0 Å². The summed E-state index contributed by atoms with van der Waals surface area (Å²) in [5.74, 6) is 0. The summed E-state index contributed by atoms with van der Waals surface area (Å²) in [6, 6.07) is 6.76. The number of sulfonamides is 1. The molecule has 0 bridgehead atoms. The quantitative estimate of drug-likeness (QED) is 0.937. The average molecular weight is 282 g/mol. The van der Waals surface area contributed by atoms with Crippen LogP contribution in [0.5, 0.6) is 0 Å². The lowest BCUT2D eigenvalue weighted by Gasteiger charge is -2.13. The third kappa shape index (κ3) is 2.95. The summed E-state index contributed by atoms with van der Waals surface area (Å²) in [7, 11) is -3.45. The van der Waals surface area contributed by atoms with E-state index in [2.05, 4.69) is 9.71 Å². The molecule has 0 aromatic carbocycles. The summed E-state index contributed by atoms with van der Waals surface area (Å²) in [6.07, 6.45) is 3.32. The van der Waals surface area contributed by atoms with Gasteiger partial charge in [0.1, 0.15) is 4.21 Å². The molecular weight excluding hydrogens is 268 g/mol. The Morgan fingerprint density at radius 1 is 1.33 bits per heavy atom. The van der Waals surface area contributed by atoms with Gasteiger partial charge in [0.15, 0.2) is 0 Å². The molecule has 1 atom stereocenters. The van der Waals surface area contributed by atoms with Crippen molar-refractivity contribution in [3.63, 3.8) is 0 Å². The molecule has 0 fully saturated rings. The SMILES string of the molecule is Cc1ccc(S(=O)(=O)NC(C)c2cccnc2)s1. The van der Waals surface area contributed by atoms with Gasteiger partial charge in [-0.25, -0.2) is 13.1 Å². The van der Waals surface area contributed by atoms with Crippen LogP contribution in [0.2, 0.25) is 0 Å². The Bertz CT molecular complexity index is 621. The highest BCUT2D eigenvalue weighted by Crippen LogP contribution is 2.22. The van der Waals surface area contributed by atoms with Gasteiger partial charge in [-0.3, -0.25) is 4.98 Å². The molecule has 18 heavy (non-hydrogen) atoms. The number of rotatable bonds is 4. The molecule has 0 saturated carbocycles. The number of thiophene rings is 1. The summed E-state index contributed by atoms with van der Waals surface area (Å²) in [5.41, 5.74) is 0.842. The van der Waals surface area contributed by atoms with Gasteiger partial charge in [-0.15, -0.1) is 11.3 Å². The van der Waals surface area contributed by atoms with E-state index in [1.165, 1.54) is 11.3 Å². The van der Waals surface area contributed by atoms with Crippen LogP contribution in [0.15, 0.2) is 40.9 Å². The molecule has 2 aromatic rings. The van der Waals surface area contributed by atoms with Crippen molar-refractivity contribution in [1.82, 2.24) is 9.71 Å². The monoisotopic (exact) mass is 282 g/mol. The predicted molar refractivity (Wildman–Crippen MR) is 72.0 cm³/mol. The zero-order valence-corrected chi connectivity index (χ0v) is 11.8. The topological polar surface area (TPSA) is 59.1 Å². The zero-order valence-electron chi connectivity index (χ0n) is 10.1. The summed E-state index contributed by atoms with van der Waals surface area (Å²) in [6.45, 7) is 3.68. The van der Waals surface area contributed by atoms with Gasteiger partial charge in [-0.2, -0.15) is 0 Å². The van der Waals surface area contributed by atoms with Gasteiger partial charge >= 0.3 is 0 Å². The average Bonchev–Trinajstić information content (AvgIpc) is 2.77. The normalized spacial score (nSPS) is 13.4. The molecule has 0 amide bonds. The number of aromatic nitrogens is 1. The van der Waals surface area contributed by atoms with Gasteiger partial charge in [0, 0.05) is 23.3 Å². The molecule has 0 radical (unpaired) electrons. The Labute approximate surface area is 111 Å². The molecule has 0 aliphatic carbocycles. The van der Waals surface area contributed by atoms with Crippen LogP contribution in [0.1, 0.15) is 23.4 Å². The first-order chi connectivity index (χ1) is 8.49. The number of pyridine rings is 1. The van der Waals surface area contributed by atoms with Crippen LogP contribution in [-0.2, 0) is 10.0 Å². The largest absolute Gasteiger partial charge is 0.264 e. The molecule has 0 saturated heterocycles. The summed E-state index contributed by atoms with van der Waals surface area (Å²) in [5, 5.41) is 0. The highest BCUT2D eigenvalue weighted by Gasteiger charge is 2.19. The van der Waals surface area contributed by atoms with Crippen molar-refractivity contribution in [1.29, 1.82) is 0 Å². The minimum atomic E-state index is -3.45. The fourth-order valence-corrected chi connectivity index (χ4v) is 4.08. The molecule has 0 aliphatic heterocycles. The Balaban J connectivity index is 2.19. The van der Waals surface area contributed by atoms with E-state index in [1.807, 2.05) is 13.0 Å². The molecule has 96 valence electrons. The summed E-state index contributed by atoms with van der Waals surface area (Å²) >= 11 is 1.27. The molecule has 0 spiro atoms. The standard InChI is InChI=1S/C12H14N2O2S2/c1-9-5-6-12(17-9)18(15,16)14-10(2)11-4-3-7-13-8-11/h3-8,10,14H,1-2H3. The lowest BCUT2D eigenvalue weighted by Crippen LogP contribution is -2.26. The highest BCUT2D eigenvalue weighted by atomic mass is 32.2. The minimum Gasteiger partial charge on any atom is -0.264 e. The first kappa shape index (κ1) is 13.2. The maximum absolute atomic E-state index is 12.1. The van der Waals surface area contributed by atoms with E-state index in [1.54, 1.807) is 37.5 Å². The smallest absolute Gasteiger partial charge is 0.250 e. The van der Waals surface area contributed by atoms with Crippen molar-refractivity contribution in [2.24, 2.45) is 0 Å². The van der Waals surface area contributed by atoms with Crippen molar-refractivity contribution in [2.45, 2.75) is 24.1 Å². The highest BCUT2D eigenvalue weighted by molar-refractivity contribution is 7.91. The minimum absolute atomic E-state index is 0.300. The Morgan fingerprint density at radius 3 is 2.67 bits per heavy atom. The van der Waals surface area contributed by atoms with E-state index in [9.17, 15) is 8.42 Å². The van der Waals surface area contributed by atoms with Gasteiger partial charge in [-0.05, 0) is 37.6 Å². The number of aryl methyl sites for hydroxylation is 1. The fraction of sp³-hybridized carbons (Fsp3) is 0.250. The van der Waals surface area contributed by atoms with Crippen LogP contribution in [0.3, 0.4) is 0 Å². The second kappa shape index (κ2) is 5.17.